The fourth-order valence-electron chi connectivity index (χ4n) is 5.11. The Bertz CT molecular complexity index is 1120. The molecule has 0 spiro atoms. The largest absolute Gasteiger partial charge is 0.372 e. The molecule has 2 aliphatic carbocycles. The van der Waals surface area contributed by atoms with Gasteiger partial charge >= 0.3 is 0 Å². The average Bonchev–Trinajstić information content (AvgIpc) is 3.43. The number of amidine groups is 1. The Labute approximate surface area is 216 Å². The van der Waals surface area contributed by atoms with Gasteiger partial charge in [0.05, 0.1) is 25.9 Å². The first-order valence-corrected chi connectivity index (χ1v) is 13.0. The number of nitrogens with zero attached hydrogens (tertiary/aromatic N) is 4. The Morgan fingerprint density at radius 1 is 1.36 bits per heavy atom. The second-order valence-corrected chi connectivity index (χ2v) is 10.6. The average molecular weight is 514 g/mol. The molecule has 0 bridgehead atoms. The number of piperidine rings is 1. The van der Waals surface area contributed by atoms with Gasteiger partial charge in [-0.15, -0.1) is 0 Å². The molecule has 1 aromatic carbocycles. The number of aliphatic imine (C=N–C) groups is 2. The molecule has 2 aliphatic heterocycles. The van der Waals surface area contributed by atoms with Gasteiger partial charge in [0.1, 0.15) is 5.82 Å². The lowest BCUT2D eigenvalue weighted by Gasteiger charge is -2.22. The lowest BCUT2D eigenvalue weighted by molar-refractivity contribution is -0.129. The van der Waals surface area contributed by atoms with Gasteiger partial charge in [-0.05, 0) is 43.9 Å². The highest BCUT2D eigenvalue weighted by Crippen LogP contribution is 2.49. The number of hydrogen-bond acceptors (Lipinski definition) is 6. The van der Waals surface area contributed by atoms with Crippen molar-refractivity contribution in [3.63, 3.8) is 0 Å². The van der Waals surface area contributed by atoms with Crippen LogP contribution >= 0.6 is 11.6 Å². The highest BCUT2D eigenvalue weighted by atomic mass is 35.5. The number of hydrogen-bond donors (Lipinski definition) is 1. The number of ether oxygens (including phenoxy) is 1. The van der Waals surface area contributed by atoms with Crippen molar-refractivity contribution in [2.45, 2.75) is 43.9 Å². The van der Waals surface area contributed by atoms with E-state index < -0.39 is 0 Å². The monoisotopic (exact) mass is 513 g/mol. The topological polar surface area (TPSA) is 69.5 Å². The van der Waals surface area contributed by atoms with Gasteiger partial charge < -0.3 is 15.0 Å². The molecule has 3 atom stereocenters. The third-order valence-electron chi connectivity index (χ3n) is 7.54. The molecule has 9 heteroatoms. The summed E-state index contributed by atoms with van der Waals surface area (Å²) >= 11 is 5.91. The molecular weight excluding hydrogens is 481 g/mol. The van der Waals surface area contributed by atoms with Crippen molar-refractivity contribution in [2.75, 3.05) is 40.0 Å². The Hall–Kier alpha value is -2.39. The summed E-state index contributed by atoms with van der Waals surface area (Å²) in [7, 11) is 1.76. The van der Waals surface area contributed by atoms with Crippen molar-refractivity contribution in [3.05, 3.63) is 58.4 Å². The number of carbonyl (C=O) groups excluding carboxylic acids is 1. The molecule has 2 heterocycles. The van der Waals surface area contributed by atoms with Gasteiger partial charge in [-0.2, -0.15) is 0 Å². The third kappa shape index (κ3) is 5.94. The number of fused-ring (bicyclic) bond motifs is 1. The molecule has 1 aromatic rings. The van der Waals surface area contributed by atoms with Crippen LogP contribution in [0.2, 0.25) is 5.02 Å². The zero-order valence-electron chi connectivity index (χ0n) is 20.6. The molecule has 3 unspecified atom stereocenters. The van der Waals surface area contributed by atoms with Crippen molar-refractivity contribution in [3.8, 4) is 0 Å². The van der Waals surface area contributed by atoms with Crippen molar-refractivity contribution < 1.29 is 13.9 Å². The Balaban J connectivity index is 1.27. The molecule has 1 saturated carbocycles. The number of benzene rings is 1. The van der Waals surface area contributed by atoms with Crippen LogP contribution in [0.25, 0.3) is 0 Å². The van der Waals surface area contributed by atoms with Gasteiger partial charge in [0, 0.05) is 54.5 Å². The van der Waals surface area contributed by atoms with E-state index in [9.17, 15) is 9.18 Å². The first-order valence-electron chi connectivity index (χ1n) is 12.6. The summed E-state index contributed by atoms with van der Waals surface area (Å²) in [6.07, 6.45) is 11.6. The van der Waals surface area contributed by atoms with E-state index in [4.69, 9.17) is 21.3 Å². The van der Waals surface area contributed by atoms with Gasteiger partial charge in [-0.3, -0.25) is 14.7 Å². The lowest BCUT2D eigenvalue weighted by atomic mass is 10.0. The van der Waals surface area contributed by atoms with Crippen molar-refractivity contribution in [1.82, 2.24) is 15.1 Å². The second kappa shape index (κ2) is 10.9. The number of nitrogens with one attached hydrogen (secondary N) is 1. The van der Waals surface area contributed by atoms with Crippen molar-refractivity contribution >= 4 is 29.6 Å². The van der Waals surface area contributed by atoms with E-state index in [1.807, 2.05) is 11.0 Å². The Morgan fingerprint density at radius 2 is 2.25 bits per heavy atom. The van der Waals surface area contributed by atoms with Gasteiger partial charge in [0.25, 0.3) is 0 Å². The Morgan fingerprint density at radius 3 is 2.97 bits per heavy atom. The summed E-state index contributed by atoms with van der Waals surface area (Å²) in [5.41, 5.74) is 1.66. The summed E-state index contributed by atoms with van der Waals surface area (Å²) in [6, 6.07) is 4.66. The lowest BCUT2D eigenvalue weighted by Crippen LogP contribution is -2.35. The fourth-order valence-corrected chi connectivity index (χ4v) is 5.26. The summed E-state index contributed by atoms with van der Waals surface area (Å²) in [4.78, 5) is 25.5. The predicted octanol–water partition coefficient (Wildman–Crippen LogP) is 3.59. The summed E-state index contributed by atoms with van der Waals surface area (Å²) in [5, 5.41) is 3.96. The molecule has 5 rings (SSSR count). The van der Waals surface area contributed by atoms with E-state index in [-0.39, 0.29) is 23.4 Å². The first kappa shape index (κ1) is 25.3. The molecule has 1 saturated heterocycles. The SMILES string of the molecule is CN1CC=N/C(C2=CCC(OCC34CC3CCN4)C=C2)=N\CN(Cc2ccc(Cl)cc2F)CCC1=O. The number of amides is 1. The van der Waals surface area contributed by atoms with Crippen LogP contribution in [0.3, 0.4) is 0 Å². The highest BCUT2D eigenvalue weighted by Gasteiger charge is 2.57. The standard InChI is InChI=1S/C27H33ClFN5O2/c1-33-13-11-30-26(19-3-6-23(7-4-19)36-17-27-15-21(27)8-10-32-27)31-18-34(12-9-25(33)35)16-20-2-5-22(28)14-24(20)29/h2-6,11,14,21,23,32H,7-10,12-13,15-18H2,1H3/b30-11?,31-26-. The predicted molar refractivity (Wildman–Crippen MR) is 140 cm³/mol. The maximum absolute atomic E-state index is 14.4. The maximum Gasteiger partial charge on any atom is 0.223 e. The summed E-state index contributed by atoms with van der Waals surface area (Å²) in [6.45, 7) is 3.34. The minimum atomic E-state index is -0.365. The smallest absolute Gasteiger partial charge is 0.223 e. The highest BCUT2D eigenvalue weighted by molar-refractivity contribution is 6.30. The zero-order chi connectivity index (χ0) is 25.1. The van der Waals surface area contributed by atoms with Gasteiger partial charge in [0.2, 0.25) is 5.91 Å². The van der Waals surface area contributed by atoms with Crippen LogP contribution in [-0.2, 0) is 16.1 Å². The Kier molecular flexibility index (Phi) is 7.67. The summed E-state index contributed by atoms with van der Waals surface area (Å²) in [5.74, 6) is 1.03. The minimum Gasteiger partial charge on any atom is -0.372 e. The van der Waals surface area contributed by atoms with E-state index in [2.05, 4.69) is 22.5 Å². The number of carbonyl (C=O) groups is 1. The summed E-state index contributed by atoms with van der Waals surface area (Å²) < 4.78 is 20.7. The van der Waals surface area contributed by atoms with Crippen LogP contribution in [0.5, 0.6) is 0 Å². The van der Waals surface area contributed by atoms with E-state index in [0.717, 1.165) is 31.1 Å². The first-order chi connectivity index (χ1) is 17.4. The molecule has 192 valence electrons. The van der Waals surface area contributed by atoms with Crippen LogP contribution in [0.4, 0.5) is 4.39 Å². The van der Waals surface area contributed by atoms with Gasteiger partial charge in [0.15, 0.2) is 5.84 Å². The number of halogens is 2. The maximum atomic E-state index is 14.4. The van der Waals surface area contributed by atoms with Gasteiger partial charge in [-0.1, -0.05) is 35.9 Å². The molecular formula is C27H33ClFN5O2. The second-order valence-electron chi connectivity index (χ2n) is 10.1. The van der Waals surface area contributed by atoms with Crippen LogP contribution in [-0.4, -0.2) is 79.4 Å². The molecule has 0 radical (unpaired) electrons. The molecule has 36 heavy (non-hydrogen) atoms. The van der Waals surface area contributed by atoms with Crippen LogP contribution < -0.4 is 5.32 Å². The zero-order valence-corrected chi connectivity index (χ0v) is 21.4. The normalized spacial score (nSPS) is 30.4. The molecule has 1 amide bonds. The van der Waals surface area contributed by atoms with Crippen LogP contribution in [0.15, 0.2) is 52.0 Å². The fraction of sp³-hybridized carbons (Fsp3) is 0.519. The molecule has 4 aliphatic rings. The molecule has 7 nitrogen and oxygen atoms in total. The van der Waals surface area contributed by atoms with Crippen LogP contribution in [0, 0.1) is 11.7 Å². The number of rotatable bonds is 6. The van der Waals surface area contributed by atoms with Crippen molar-refractivity contribution in [2.24, 2.45) is 15.9 Å². The quantitative estimate of drug-likeness (QED) is 0.631. The van der Waals surface area contributed by atoms with E-state index in [1.54, 1.807) is 30.3 Å². The van der Waals surface area contributed by atoms with Crippen LogP contribution in [0.1, 0.15) is 31.2 Å². The van der Waals surface area contributed by atoms with E-state index in [1.165, 1.54) is 18.9 Å². The van der Waals surface area contributed by atoms with Crippen molar-refractivity contribution in [1.29, 1.82) is 0 Å². The van der Waals surface area contributed by atoms with E-state index >= 15 is 0 Å². The van der Waals surface area contributed by atoms with Gasteiger partial charge in [-0.25, -0.2) is 9.38 Å². The molecule has 0 aromatic heterocycles. The molecule has 1 N–H and O–H groups in total. The minimum absolute atomic E-state index is 0.0115. The molecule has 2 fully saturated rings. The van der Waals surface area contributed by atoms with E-state index in [0.29, 0.717) is 49.1 Å². The third-order valence-corrected chi connectivity index (χ3v) is 7.78.